The summed E-state index contributed by atoms with van der Waals surface area (Å²) in [6, 6.07) is 7.10. The zero-order valence-corrected chi connectivity index (χ0v) is 19.3. The molecule has 0 aliphatic carbocycles. The lowest BCUT2D eigenvalue weighted by atomic mass is 9.95. The first-order chi connectivity index (χ1) is 15.9. The summed E-state index contributed by atoms with van der Waals surface area (Å²) in [6.07, 6.45) is 1.71. The Hall–Kier alpha value is -3.11. The molecule has 1 aliphatic rings. The van der Waals surface area contributed by atoms with Gasteiger partial charge in [0, 0.05) is 44.9 Å². The quantitative estimate of drug-likeness (QED) is 0.488. The van der Waals surface area contributed by atoms with Crippen molar-refractivity contribution in [2.45, 2.75) is 45.1 Å². The van der Waals surface area contributed by atoms with E-state index in [0.29, 0.717) is 24.6 Å². The zero-order chi connectivity index (χ0) is 23.8. The number of benzene rings is 1. The monoisotopic (exact) mass is 460 g/mol. The first kappa shape index (κ1) is 24.5. The number of aliphatic carboxylic acids is 1. The molecule has 0 unspecified atom stereocenters. The van der Waals surface area contributed by atoms with Crippen LogP contribution in [0.4, 0.5) is 22.1 Å². The van der Waals surface area contributed by atoms with Gasteiger partial charge in [-0.15, -0.1) is 0 Å². The molecule has 10 nitrogen and oxygen atoms in total. The Morgan fingerprint density at radius 1 is 1.27 bits per heavy atom. The minimum Gasteiger partial charge on any atom is -0.481 e. The number of carboxylic acid groups (broad SMARTS) is 1. The van der Waals surface area contributed by atoms with E-state index >= 15 is 0 Å². The number of urea groups is 1. The summed E-state index contributed by atoms with van der Waals surface area (Å²) >= 11 is 0. The highest BCUT2D eigenvalue weighted by atomic mass is 16.5. The molecule has 2 heterocycles. The number of carbonyl (C=O) groups is 2. The van der Waals surface area contributed by atoms with Crippen LogP contribution in [0.1, 0.15) is 43.4 Å². The average Bonchev–Trinajstić information content (AvgIpc) is 3.19. The van der Waals surface area contributed by atoms with E-state index in [0.717, 1.165) is 30.6 Å². The molecular weight excluding hydrogens is 428 g/mol. The molecule has 2 aromatic rings. The summed E-state index contributed by atoms with van der Waals surface area (Å²) in [5, 5.41) is 18.7. The Balaban J connectivity index is 1.92. The van der Waals surface area contributed by atoms with Gasteiger partial charge in [0.15, 0.2) is 0 Å². The van der Waals surface area contributed by atoms with Gasteiger partial charge < -0.3 is 29.3 Å². The van der Waals surface area contributed by atoms with Crippen LogP contribution >= 0.6 is 0 Å². The standard InChI is InChI=1S/C23H32N4O6/c1-4-27(18-7-9-32-10-8-18)20-6-5-16(17(14-31-3)13-22(28)29)12-19(20)24-23(30)25-21-11-15(2)26-33-21/h5-6,11-12,17-18H,4,7-10,13-14H2,1-3H3,(H,28,29)(H2,24,25,30)/t17-/m1/s1. The van der Waals surface area contributed by atoms with Crippen LogP contribution in [0.3, 0.4) is 0 Å². The third-order valence-electron chi connectivity index (χ3n) is 5.68. The van der Waals surface area contributed by atoms with Crippen molar-refractivity contribution in [3.8, 4) is 0 Å². The normalized spacial score (nSPS) is 15.1. The number of carbonyl (C=O) groups excluding carboxylic acids is 1. The number of hydrogen-bond acceptors (Lipinski definition) is 7. The van der Waals surface area contributed by atoms with Crippen LogP contribution in [0.15, 0.2) is 28.8 Å². The summed E-state index contributed by atoms with van der Waals surface area (Å²) < 4.78 is 15.8. The molecule has 10 heteroatoms. The molecule has 1 aromatic carbocycles. The fourth-order valence-electron chi connectivity index (χ4n) is 4.15. The summed E-state index contributed by atoms with van der Waals surface area (Å²) in [5.41, 5.74) is 2.88. The van der Waals surface area contributed by atoms with E-state index in [1.165, 1.54) is 0 Å². The van der Waals surface area contributed by atoms with Crippen molar-refractivity contribution >= 4 is 29.3 Å². The molecule has 180 valence electrons. The molecule has 0 saturated carbocycles. The third kappa shape index (κ3) is 6.69. The van der Waals surface area contributed by atoms with Crippen LogP contribution in [-0.2, 0) is 14.3 Å². The van der Waals surface area contributed by atoms with Gasteiger partial charge in [-0.1, -0.05) is 11.2 Å². The van der Waals surface area contributed by atoms with Crippen molar-refractivity contribution in [3.05, 3.63) is 35.5 Å². The molecular formula is C23H32N4O6. The van der Waals surface area contributed by atoms with Gasteiger partial charge in [0.2, 0.25) is 5.88 Å². The predicted molar refractivity (Wildman–Crippen MR) is 124 cm³/mol. The van der Waals surface area contributed by atoms with Gasteiger partial charge in [-0.2, -0.15) is 0 Å². The number of aromatic nitrogens is 1. The van der Waals surface area contributed by atoms with Crippen LogP contribution in [0.25, 0.3) is 0 Å². The second-order valence-corrected chi connectivity index (χ2v) is 8.07. The Bertz CT molecular complexity index is 941. The van der Waals surface area contributed by atoms with E-state index in [1.807, 2.05) is 18.2 Å². The van der Waals surface area contributed by atoms with E-state index in [9.17, 15) is 14.7 Å². The maximum atomic E-state index is 12.7. The smallest absolute Gasteiger partial charge is 0.326 e. The maximum Gasteiger partial charge on any atom is 0.326 e. The van der Waals surface area contributed by atoms with Gasteiger partial charge in [-0.05, 0) is 44.4 Å². The Morgan fingerprint density at radius 3 is 2.64 bits per heavy atom. The molecule has 1 atom stereocenters. The summed E-state index contributed by atoms with van der Waals surface area (Å²) in [5.74, 6) is -1.02. The highest BCUT2D eigenvalue weighted by molar-refractivity contribution is 6.01. The SMILES string of the molecule is CCN(c1ccc([C@@H](COC)CC(=O)O)cc1NC(=O)Nc1cc(C)no1)C1CCOCC1. The molecule has 0 radical (unpaired) electrons. The zero-order valence-electron chi connectivity index (χ0n) is 19.3. The van der Waals surface area contributed by atoms with E-state index in [2.05, 4.69) is 27.6 Å². The Labute approximate surface area is 193 Å². The summed E-state index contributed by atoms with van der Waals surface area (Å²) in [7, 11) is 1.54. The number of nitrogens with zero attached hydrogens (tertiary/aromatic N) is 2. The molecule has 0 bridgehead atoms. The lowest BCUT2D eigenvalue weighted by Gasteiger charge is -2.36. The van der Waals surface area contributed by atoms with E-state index in [-0.39, 0.29) is 30.9 Å². The number of methoxy groups -OCH3 is 1. The molecule has 1 aliphatic heterocycles. The molecule has 1 aromatic heterocycles. The van der Waals surface area contributed by atoms with Gasteiger partial charge >= 0.3 is 12.0 Å². The first-order valence-corrected chi connectivity index (χ1v) is 11.1. The van der Waals surface area contributed by atoms with Crippen molar-refractivity contribution in [3.63, 3.8) is 0 Å². The van der Waals surface area contributed by atoms with Crippen LogP contribution in [0, 0.1) is 6.92 Å². The predicted octanol–water partition coefficient (Wildman–Crippen LogP) is 3.84. The van der Waals surface area contributed by atoms with Crippen LogP contribution in [-0.4, -0.2) is 61.8 Å². The number of aryl methyl sites for hydroxylation is 1. The molecule has 3 rings (SSSR count). The van der Waals surface area contributed by atoms with E-state index < -0.39 is 12.0 Å². The maximum absolute atomic E-state index is 12.7. The topological polar surface area (TPSA) is 126 Å². The molecule has 1 saturated heterocycles. The average molecular weight is 461 g/mol. The van der Waals surface area contributed by atoms with Crippen molar-refractivity contribution in [2.24, 2.45) is 0 Å². The van der Waals surface area contributed by atoms with Gasteiger partial charge in [0.05, 0.1) is 30.1 Å². The molecule has 0 spiro atoms. The summed E-state index contributed by atoms with van der Waals surface area (Å²) in [4.78, 5) is 26.4. The lowest BCUT2D eigenvalue weighted by Crippen LogP contribution is -2.40. The van der Waals surface area contributed by atoms with Gasteiger partial charge in [-0.3, -0.25) is 10.1 Å². The number of hydrogen-bond donors (Lipinski definition) is 3. The summed E-state index contributed by atoms with van der Waals surface area (Å²) in [6.45, 7) is 6.23. The number of amides is 2. The second-order valence-electron chi connectivity index (χ2n) is 8.07. The Kier molecular flexibility index (Phi) is 8.67. The molecule has 33 heavy (non-hydrogen) atoms. The van der Waals surface area contributed by atoms with Gasteiger partial charge in [0.25, 0.3) is 0 Å². The van der Waals surface area contributed by atoms with E-state index in [4.69, 9.17) is 14.0 Å². The molecule has 3 N–H and O–H groups in total. The van der Waals surface area contributed by atoms with Crippen LogP contribution in [0.2, 0.25) is 0 Å². The second kappa shape index (κ2) is 11.7. The Morgan fingerprint density at radius 2 is 2.03 bits per heavy atom. The van der Waals surface area contributed by atoms with Crippen molar-refractivity contribution < 1.29 is 28.7 Å². The van der Waals surface area contributed by atoms with Gasteiger partial charge in [-0.25, -0.2) is 4.79 Å². The molecule has 1 fully saturated rings. The number of anilines is 3. The van der Waals surface area contributed by atoms with Crippen molar-refractivity contribution in [1.29, 1.82) is 0 Å². The van der Waals surface area contributed by atoms with Crippen LogP contribution < -0.4 is 15.5 Å². The van der Waals surface area contributed by atoms with Crippen LogP contribution in [0.5, 0.6) is 0 Å². The highest BCUT2D eigenvalue weighted by Gasteiger charge is 2.25. The minimum absolute atomic E-state index is 0.0758. The number of ether oxygens (including phenoxy) is 2. The number of rotatable bonds is 10. The fraction of sp³-hybridized carbons (Fsp3) is 0.522. The minimum atomic E-state index is -0.911. The largest absolute Gasteiger partial charge is 0.481 e. The van der Waals surface area contributed by atoms with Crippen molar-refractivity contribution in [2.75, 3.05) is 49.0 Å². The highest BCUT2D eigenvalue weighted by Crippen LogP contribution is 2.34. The van der Waals surface area contributed by atoms with E-state index in [1.54, 1.807) is 20.1 Å². The third-order valence-corrected chi connectivity index (χ3v) is 5.68. The number of nitrogens with one attached hydrogen (secondary N) is 2. The fourth-order valence-corrected chi connectivity index (χ4v) is 4.15. The molecule has 2 amide bonds. The van der Waals surface area contributed by atoms with Crippen molar-refractivity contribution in [1.82, 2.24) is 5.16 Å². The lowest BCUT2D eigenvalue weighted by molar-refractivity contribution is -0.137. The first-order valence-electron chi connectivity index (χ1n) is 11.1. The van der Waals surface area contributed by atoms with Gasteiger partial charge in [0.1, 0.15) is 0 Å². The number of carboxylic acids is 1.